The van der Waals surface area contributed by atoms with Crippen LogP contribution in [0.1, 0.15) is 72.1 Å². The van der Waals surface area contributed by atoms with Gasteiger partial charge in [-0.1, -0.05) is 42.5 Å². The van der Waals surface area contributed by atoms with Crippen LogP contribution in [-0.2, 0) is 30.3 Å². The van der Waals surface area contributed by atoms with Gasteiger partial charge >= 0.3 is 12.1 Å². The van der Waals surface area contributed by atoms with E-state index in [-0.39, 0.29) is 31.7 Å². The molecule has 2 rings (SSSR count). The third-order valence-corrected chi connectivity index (χ3v) is 5.88. The predicted molar refractivity (Wildman–Crippen MR) is 155 cm³/mol. The summed E-state index contributed by atoms with van der Waals surface area (Å²) >= 11 is 0. The molecule has 10 heteroatoms. The number of rotatable bonds is 11. The van der Waals surface area contributed by atoms with Gasteiger partial charge in [0.2, 0.25) is 11.8 Å². The number of nitrogens with zero attached hydrogens (tertiary/aromatic N) is 1. The summed E-state index contributed by atoms with van der Waals surface area (Å²) in [5.74, 6) is -1.50. The number of hydrogen-bond donors (Lipinski definition) is 3. The number of carbonyl (C=O) groups is 4. The quantitative estimate of drug-likeness (QED) is 0.344. The Morgan fingerprint density at radius 3 is 2.07 bits per heavy atom. The molecule has 0 radical (unpaired) electrons. The normalized spacial score (nSPS) is 13.0. The largest absolute Gasteiger partial charge is 0.508 e. The van der Waals surface area contributed by atoms with Crippen molar-refractivity contribution in [3.05, 3.63) is 65.7 Å². The number of amides is 3. The number of phenols is 1. The summed E-state index contributed by atoms with van der Waals surface area (Å²) in [7, 11) is 0. The maximum Gasteiger partial charge on any atom is 0.408 e. The fraction of sp³-hybridized carbons (Fsp3) is 0.484. The number of phenolic OH excluding ortho intramolecular Hbond substituents is 1. The molecule has 0 heterocycles. The summed E-state index contributed by atoms with van der Waals surface area (Å²) in [6.45, 7) is 12.5. The second-order valence-corrected chi connectivity index (χ2v) is 11.6. The minimum atomic E-state index is -1.15. The van der Waals surface area contributed by atoms with Gasteiger partial charge in [0.25, 0.3) is 0 Å². The van der Waals surface area contributed by atoms with Crippen molar-refractivity contribution in [1.82, 2.24) is 15.5 Å². The van der Waals surface area contributed by atoms with Crippen LogP contribution in [0.2, 0.25) is 0 Å². The van der Waals surface area contributed by atoms with Gasteiger partial charge in [0.05, 0.1) is 13.0 Å². The Hall–Kier alpha value is -4.08. The standard InChI is InChI=1S/C31H43N3O7/c1-8-40-25(36)18-19-32-27(37)26(22-14-16-23(35)17-15-22)34(30(2,3)4)28(38)24(20-21-12-10-9-11-13-21)33-29(39)41-31(5,6)7/h9-17,24,26,35H,8,18-20H2,1-7H3,(H,32,37)(H,33,39). The van der Waals surface area contributed by atoms with Crippen molar-refractivity contribution in [2.45, 2.75) is 84.5 Å². The molecule has 0 aliphatic rings. The van der Waals surface area contributed by atoms with Gasteiger partial charge in [0, 0.05) is 18.5 Å². The van der Waals surface area contributed by atoms with Crippen LogP contribution in [0.25, 0.3) is 0 Å². The average molecular weight is 570 g/mol. The van der Waals surface area contributed by atoms with Crippen molar-refractivity contribution >= 4 is 23.9 Å². The van der Waals surface area contributed by atoms with E-state index in [0.717, 1.165) is 5.56 Å². The van der Waals surface area contributed by atoms with E-state index >= 15 is 0 Å². The van der Waals surface area contributed by atoms with Crippen molar-refractivity contribution in [1.29, 1.82) is 0 Å². The third-order valence-electron chi connectivity index (χ3n) is 5.88. The molecule has 0 aliphatic carbocycles. The van der Waals surface area contributed by atoms with E-state index in [4.69, 9.17) is 9.47 Å². The van der Waals surface area contributed by atoms with E-state index < -0.39 is 47.1 Å². The summed E-state index contributed by atoms with van der Waals surface area (Å²) < 4.78 is 10.4. The van der Waals surface area contributed by atoms with E-state index in [2.05, 4.69) is 10.6 Å². The highest BCUT2D eigenvalue weighted by Crippen LogP contribution is 2.31. The van der Waals surface area contributed by atoms with Gasteiger partial charge in [-0.2, -0.15) is 0 Å². The molecule has 0 saturated heterocycles. The molecule has 2 atom stereocenters. The first-order chi connectivity index (χ1) is 19.1. The molecular formula is C31H43N3O7. The lowest BCUT2D eigenvalue weighted by Gasteiger charge is -2.43. The summed E-state index contributed by atoms with van der Waals surface area (Å²) in [6, 6.07) is 13.0. The van der Waals surface area contributed by atoms with Crippen molar-refractivity contribution in [3.63, 3.8) is 0 Å². The van der Waals surface area contributed by atoms with Crippen molar-refractivity contribution in [3.8, 4) is 5.75 Å². The molecule has 0 aliphatic heterocycles. The maximum absolute atomic E-state index is 14.4. The molecule has 3 N–H and O–H groups in total. The molecule has 0 bridgehead atoms. The number of aromatic hydroxyl groups is 1. The molecule has 0 saturated carbocycles. The first-order valence-corrected chi connectivity index (χ1v) is 13.7. The topological polar surface area (TPSA) is 134 Å². The average Bonchev–Trinajstić information content (AvgIpc) is 2.86. The van der Waals surface area contributed by atoms with Crippen molar-refractivity contribution in [2.75, 3.05) is 13.2 Å². The third kappa shape index (κ3) is 10.8. The Labute approximate surface area is 242 Å². The van der Waals surface area contributed by atoms with E-state index in [9.17, 15) is 24.3 Å². The molecule has 2 aromatic carbocycles. The number of alkyl carbamates (subject to hydrolysis) is 1. The molecule has 3 amide bonds. The van der Waals surface area contributed by atoms with Gasteiger partial charge in [-0.25, -0.2) is 4.79 Å². The lowest BCUT2D eigenvalue weighted by atomic mass is 9.94. The van der Waals surface area contributed by atoms with Gasteiger partial charge in [-0.05, 0) is 71.7 Å². The molecule has 0 spiro atoms. The highest BCUT2D eigenvalue weighted by molar-refractivity contribution is 5.93. The van der Waals surface area contributed by atoms with Crippen LogP contribution >= 0.6 is 0 Å². The summed E-state index contributed by atoms with van der Waals surface area (Å²) in [4.78, 5) is 54.2. The molecule has 224 valence electrons. The lowest BCUT2D eigenvalue weighted by molar-refractivity contribution is -0.149. The second kappa shape index (κ2) is 14.5. The summed E-state index contributed by atoms with van der Waals surface area (Å²) in [6.07, 6.45) is -0.652. The fourth-order valence-electron chi connectivity index (χ4n) is 4.20. The van der Waals surface area contributed by atoms with Crippen molar-refractivity contribution in [2.24, 2.45) is 0 Å². The SMILES string of the molecule is CCOC(=O)CCNC(=O)C(c1ccc(O)cc1)N(C(=O)C(Cc1ccccc1)NC(=O)OC(C)(C)C)C(C)(C)C. The van der Waals surface area contributed by atoms with Crippen LogP contribution in [0.3, 0.4) is 0 Å². The minimum Gasteiger partial charge on any atom is -0.508 e. The van der Waals surface area contributed by atoms with Crippen LogP contribution in [0.4, 0.5) is 4.79 Å². The lowest BCUT2D eigenvalue weighted by Crippen LogP contribution is -2.59. The van der Waals surface area contributed by atoms with Crippen LogP contribution < -0.4 is 10.6 Å². The van der Waals surface area contributed by atoms with E-state index in [1.807, 2.05) is 30.3 Å². The molecule has 2 unspecified atom stereocenters. The number of carbonyl (C=O) groups excluding carboxylic acids is 4. The fourth-order valence-corrected chi connectivity index (χ4v) is 4.20. The van der Waals surface area contributed by atoms with Gasteiger partial charge in [0.1, 0.15) is 23.4 Å². The Kier molecular flexibility index (Phi) is 11.7. The Morgan fingerprint density at radius 1 is 0.927 bits per heavy atom. The Morgan fingerprint density at radius 2 is 1.54 bits per heavy atom. The maximum atomic E-state index is 14.4. The number of ether oxygens (including phenoxy) is 2. The van der Waals surface area contributed by atoms with Gasteiger partial charge in [-0.15, -0.1) is 0 Å². The van der Waals surface area contributed by atoms with Crippen LogP contribution in [0.5, 0.6) is 5.75 Å². The van der Waals surface area contributed by atoms with Crippen molar-refractivity contribution < 1.29 is 33.8 Å². The number of nitrogens with one attached hydrogen (secondary N) is 2. The highest BCUT2D eigenvalue weighted by Gasteiger charge is 2.42. The molecule has 0 fully saturated rings. The number of benzene rings is 2. The van der Waals surface area contributed by atoms with Crippen LogP contribution in [-0.4, -0.2) is 64.2 Å². The molecule has 0 aromatic heterocycles. The number of hydrogen-bond acceptors (Lipinski definition) is 7. The Bertz CT molecular complexity index is 1170. The molecule has 41 heavy (non-hydrogen) atoms. The number of esters is 1. The van der Waals surface area contributed by atoms with Gasteiger partial charge in [-0.3, -0.25) is 14.4 Å². The molecule has 10 nitrogen and oxygen atoms in total. The highest BCUT2D eigenvalue weighted by atomic mass is 16.6. The first kappa shape index (κ1) is 33.1. The smallest absolute Gasteiger partial charge is 0.408 e. The summed E-state index contributed by atoms with van der Waals surface area (Å²) in [5, 5.41) is 15.3. The van der Waals surface area contributed by atoms with E-state index in [1.54, 1.807) is 60.6 Å². The molecule has 2 aromatic rings. The minimum absolute atomic E-state index is 0.00201. The predicted octanol–water partition coefficient (Wildman–Crippen LogP) is 4.27. The zero-order valence-electron chi connectivity index (χ0n) is 25.0. The van der Waals surface area contributed by atoms with Crippen LogP contribution in [0.15, 0.2) is 54.6 Å². The monoisotopic (exact) mass is 569 g/mol. The zero-order valence-corrected chi connectivity index (χ0v) is 25.0. The Balaban J connectivity index is 2.52. The van der Waals surface area contributed by atoms with E-state index in [0.29, 0.717) is 5.56 Å². The van der Waals surface area contributed by atoms with E-state index in [1.165, 1.54) is 17.0 Å². The molecular weight excluding hydrogens is 526 g/mol. The van der Waals surface area contributed by atoms with Gasteiger partial charge in [0.15, 0.2) is 0 Å². The zero-order chi connectivity index (χ0) is 30.8. The second-order valence-electron chi connectivity index (χ2n) is 11.6. The summed E-state index contributed by atoms with van der Waals surface area (Å²) in [5.41, 5.74) is -0.448. The van der Waals surface area contributed by atoms with Gasteiger partial charge < -0.3 is 30.1 Å². The first-order valence-electron chi connectivity index (χ1n) is 13.7. The van der Waals surface area contributed by atoms with Crippen LogP contribution in [0, 0.1) is 0 Å².